The van der Waals surface area contributed by atoms with Gasteiger partial charge in [0.1, 0.15) is 0 Å². The number of rotatable bonds is 8. The molecule has 198 valence electrons. The molecule has 38 heavy (non-hydrogen) atoms. The fourth-order valence-electron chi connectivity index (χ4n) is 6.35. The normalized spacial score (nSPS) is 21.6. The number of carbonyl (C=O) groups excluding carboxylic acids is 1. The van der Waals surface area contributed by atoms with Crippen LogP contribution in [0.15, 0.2) is 61.1 Å². The first-order chi connectivity index (χ1) is 18.7. The van der Waals surface area contributed by atoms with Crippen LogP contribution in [0.4, 0.5) is 5.82 Å². The molecule has 0 bridgehead atoms. The molecule has 0 atom stereocenters. The molecule has 0 amide bonds. The van der Waals surface area contributed by atoms with E-state index in [0.717, 1.165) is 73.4 Å². The Balaban J connectivity index is 0.911. The molecule has 4 heterocycles. The van der Waals surface area contributed by atoms with Gasteiger partial charge in [0, 0.05) is 68.7 Å². The SMILES string of the molecule is O=C(CC1CCC(CCN2CCN(c3nccc4c3OCC4)CC2)CC1)c1ccc(-c2cccnc2)cc1. The van der Waals surface area contributed by atoms with Gasteiger partial charge in [-0.05, 0) is 60.9 Å². The Labute approximate surface area is 226 Å². The molecule has 2 aromatic heterocycles. The number of Topliss-reactive ketones (excluding diaryl/α,β-unsaturated/α-hetero) is 1. The number of aromatic nitrogens is 2. The van der Waals surface area contributed by atoms with E-state index in [2.05, 4.69) is 25.8 Å². The van der Waals surface area contributed by atoms with Crippen molar-refractivity contribution in [3.05, 3.63) is 72.2 Å². The quantitative estimate of drug-likeness (QED) is 0.364. The third-order valence-corrected chi connectivity index (χ3v) is 8.75. The van der Waals surface area contributed by atoms with Crippen molar-refractivity contribution < 1.29 is 9.53 Å². The molecule has 0 spiro atoms. The number of benzene rings is 1. The van der Waals surface area contributed by atoms with Gasteiger partial charge in [0.15, 0.2) is 17.4 Å². The Morgan fingerprint density at radius 3 is 2.45 bits per heavy atom. The van der Waals surface area contributed by atoms with Crippen molar-refractivity contribution in [1.29, 1.82) is 0 Å². The van der Waals surface area contributed by atoms with Crippen LogP contribution in [-0.4, -0.2) is 60.0 Å². The fourth-order valence-corrected chi connectivity index (χ4v) is 6.35. The van der Waals surface area contributed by atoms with Crippen LogP contribution in [0.1, 0.15) is 54.4 Å². The highest BCUT2D eigenvalue weighted by atomic mass is 16.5. The molecule has 0 unspecified atom stereocenters. The first-order valence-electron chi connectivity index (χ1n) is 14.3. The Morgan fingerprint density at radius 1 is 0.895 bits per heavy atom. The van der Waals surface area contributed by atoms with Gasteiger partial charge < -0.3 is 9.64 Å². The second-order valence-corrected chi connectivity index (χ2v) is 11.2. The maximum absolute atomic E-state index is 12.9. The molecule has 2 aliphatic heterocycles. The summed E-state index contributed by atoms with van der Waals surface area (Å²) >= 11 is 0. The molecule has 1 saturated carbocycles. The van der Waals surface area contributed by atoms with E-state index in [9.17, 15) is 4.79 Å². The Morgan fingerprint density at radius 2 is 1.68 bits per heavy atom. The molecular formula is C32H38N4O2. The van der Waals surface area contributed by atoms with E-state index >= 15 is 0 Å². The minimum absolute atomic E-state index is 0.285. The number of hydrogen-bond acceptors (Lipinski definition) is 6. The van der Waals surface area contributed by atoms with E-state index in [1.165, 1.54) is 44.2 Å². The summed E-state index contributed by atoms with van der Waals surface area (Å²) in [6, 6.07) is 14.1. The number of ether oxygens (including phenoxy) is 1. The van der Waals surface area contributed by atoms with Crippen LogP contribution in [0.25, 0.3) is 11.1 Å². The van der Waals surface area contributed by atoms with Gasteiger partial charge in [-0.1, -0.05) is 43.2 Å². The Kier molecular flexibility index (Phi) is 7.68. The maximum Gasteiger partial charge on any atom is 0.171 e. The molecular weight excluding hydrogens is 472 g/mol. The maximum atomic E-state index is 12.9. The van der Waals surface area contributed by atoms with Crippen LogP contribution < -0.4 is 9.64 Å². The lowest BCUT2D eigenvalue weighted by Crippen LogP contribution is -2.47. The summed E-state index contributed by atoms with van der Waals surface area (Å²) in [6.07, 6.45) is 13.4. The second kappa shape index (κ2) is 11.6. The van der Waals surface area contributed by atoms with E-state index < -0.39 is 0 Å². The van der Waals surface area contributed by atoms with Gasteiger partial charge in [0.2, 0.25) is 0 Å². The molecule has 3 aliphatic rings. The molecule has 0 radical (unpaired) electrons. The predicted molar refractivity (Wildman–Crippen MR) is 151 cm³/mol. The highest BCUT2D eigenvalue weighted by molar-refractivity contribution is 5.96. The molecule has 1 aliphatic carbocycles. The van der Waals surface area contributed by atoms with Crippen LogP contribution in [0.2, 0.25) is 0 Å². The van der Waals surface area contributed by atoms with Gasteiger partial charge in [-0.15, -0.1) is 0 Å². The van der Waals surface area contributed by atoms with E-state index in [-0.39, 0.29) is 5.78 Å². The second-order valence-electron chi connectivity index (χ2n) is 11.2. The molecule has 1 saturated heterocycles. The van der Waals surface area contributed by atoms with Crippen molar-refractivity contribution in [3.8, 4) is 16.9 Å². The fraction of sp³-hybridized carbons (Fsp3) is 0.469. The number of carbonyl (C=O) groups is 1. The zero-order chi connectivity index (χ0) is 25.7. The minimum Gasteiger partial charge on any atom is -0.489 e. The summed E-state index contributed by atoms with van der Waals surface area (Å²) in [7, 11) is 0. The lowest BCUT2D eigenvalue weighted by molar-refractivity contribution is 0.0940. The summed E-state index contributed by atoms with van der Waals surface area (Å²) in [5.74, 6) is 3.66. The third-order valence-electron chi connectivity index (χ3n) is 8.75. The number of piperazine rings is 1. The molecule has 1 aromatic carbocycles. The Hall–Kier alpha value is -3.25. The van der Waals surface area contributed by atoms with E-state index in [1.807, 2.05) is 48.8 Å². The summed E-state index contributed by atoms with van der Waals surface area (Å²) in [5.41, 5.74) is 4.32. The number of ketones is 1. The van der Waals surface area contributed by atoms with E-state index in [4.69, 9.17) is 4.74 Å². The average molecular weight is 511 g/mol. The summed E-state index contributed by atoms with van der Waals surface area (Å²) < 4.78 is 5.87. The van der Waals surface area contributed by atoms with E-state index in [1.54, 1.807) is 6.20 Å². The van der Waals surface area contributed by atoms with Gasteiger partial charge in [-0.2, -0.15) is 0 Å². The van der Waals surface area contributed by atoms with Crippen molar-refractivity contribution in [2.24, 2.45) is 11.8 Å². The summed E-state index contributed by atoms with van der Waals surface area (Å²) in [5, 5.41) is 0. The average Bonchev–Trinajstić information content (AvgIpc) is 3.47. The molecule has 2 fully saturated rings. The first kappa shape index (κ1) is 25.1. The van der Waals surface area contributed by atoms with Gasteiger partial charge in [-0.3, -0.25) is 14.7 Å². The number of anilines is 1. The zero-order valence-electron chi connectivity index (χ0n) is 22.2. The minimum atomic E-state index is 0.285. The molecule has 6 heteroatoms. The highest BCUT2D eigenvalue weighted by Crippen LogP contribution is 2.36. The van der Waals surface area contributed by atoms with Gasteiger partial charge >= 0.3 is 0 Å². The first-order valence-corrected chi connectivity index (χ1v) is 14.3. The lowest BCUT2D eigenvalue weighted by Gasteiger charge is -2.37. The van der Waals surface area contributed by atoms with E-state index in [0.29, 0.717) is 12.3 Å². The van der Waals surface area contributed by atoms with Crippen molar-refractivity contribution >= 4 is 11.6 Å². The van der Waals surface area contributed by atoms with Crippen molar-refractivity contribution in [2.75, 3.05) is 44.2 Å². The Bertz CT molecular complexity index is 1210. The smallest absolute Gasteiger partial charge is 0.171 e. The van der Waals surface area contributed by atoms with Gasteiger partial charge in [-0.25, -0.2) is 4.98 Å². The van der Waals surface area contributed by atoms with Crippen LogP contribution in [0.3, 0.4) is 0 Å². The molecule has 6 rings (SSSR count). The largest absolute Gasteiger partial charge is 0.489 e. The van der Waals surface area contributed by atoms with Crippen molar-refractivity contribution in [1.82, 2.24) is 14.9 Å². The summed E-state index contributed by atoms with van der Waals surface area (Å²) in [6.45, 7) is 6.19. The third kappa shape index (κ3) is 5.75. The van der Waals surface area contributed by atoms with Gasteiger partial charge in [0.05, 0.1) is 6.61 Å². The van der Waals surface area contributed by atoms with Crippen LogP contribution in [-0.2, 0) is 6.42 Å². The van der Waals surface area contributed by atoms with Gasteiger partial charge in [0.25, 0.3) is 0 Å². The molecule has 0 N–H and O–H groups in total. The monoisotopic (exact) mass is 510 g/mol. The van der Waals surface area contributed by atoms with Crippen molar-refractivity contribution in [3.63, 3.8) is 0 Å². The topological polar surface area (TPSA) is 58.6 Å². The molecule has 6 nitrogen and oxygen atoms in total. The highest BCUT2D eigenvalue weighted by Gasteiger charge is 2.27. The number of hydrogen-bond donors (Lipinski definition) is 0. The van der Waals surface area contributed by atoms with Crippen molar-refractivity contribution in [2.45, 2.75) is 44.9 Å². The number of pyridine rings is 2. The van der Waals surface area contributed by atoms with Crippen LogP contribution in [0.5, 0.6) is 5.75 Å². The number of nitrogens with zero attached hydrogens (tertiary/aromatic N) is 4. The lowest BCUT2D eigenvalue weighted by atomic mass is 9.78. The zero-order valence-corrected chi connectivity index (χ0v) is 22.2. The standard InChI is InChI=1S/C32H38N4O2/c37-30(27-9-7-26(8-10-27)29-2-1-14-33-23-29)22-25-5-3-24(4-6-25)12-16-35-17-19-36(20-18-35)32-31-28(11-15-34-32)13-21-38-31/h1-2,7-11,14-15,23-25H,3-6,12-13,16-22H2. The number of fused-ring (bicyclic) bond motifs is 1. The predicted octanol–water partition coefficient (Wildman–Crippen LogP) is 5.67. The molecule has 3 aromatic rings. The van der Waals surface area contributed by atoms with Crippen LogP contribution >= 0.6 is 0 Å². The summed E-state index contributed by atoms with van der Waals surface area (Å²) in [4.78, 5) is 26.8. The van der Waals surface area contributed by atoms with Crippen LogP contribution in [0, 0.1) is 11.8 Å².